The summed E-state index contributed by atoms with van der Waals surface area (Å²) in [4.78, 5) is 36.6. The minimum absolute atomic E-state index is 0.0916. The van der Waals surface area contributed by atoms with E-state index in [0.29, 0.717) is 6.42 Å². The van der Waals surface area contributed by atoms with Crippen molar-refractivity contribution in [3.8, 4) is 11.1 Å². The Bertz CT molecular complexity index is 1000. The molecule has 8 heteroatoms. The van der Waals surface area contributed by atoms with Gasteiger partial charge in [0.2, 0.25) is 5.91 Å². The third kappa shape index (κ3) is 6.14. The molecule has 182 valence electrons. The van der Waals surface area contributed by atoms with E-state index in [4.69, 9.17) is 14.6 Å². The van der Waals surface area contributed by atoms with Gasteiger partial charge in [-0.3, -0.25) is 4.79 Å². The Hall–Kier alpha value is -3.39. The molecular formula is C26H32N2O6. The van der Waals surface area contributed by atoms with Crippen LogP contribution in [0.1, 0.15) is 44.2 Å². The highest BCUT2D eigenvalue weighted by Gasteiger charge is 2.31. The molecule has 0 saturated carbocycles. The summed E-state index contributed by atoms with van der Waals surface area (Å²) in [6, 6.07) is 15.2. The van der Waals surface area contributed by atoms with Gasteiger partial charge in [-0.15, -0.1) is 0 Å². The predicted molar refractivity (Wildman–Crippen MR) is 128 cm³/mol. The second-order valence-electron chi connectivity index (χ2n) is 9.59. The molecule has 1 aliphatic rings. The lowest BCUT2D eigenvalue weighted by molar-refractivity contribution is -0.148. The van der Waals surface area contributed by atoms with Crippen LogP contribution in [0.3, 0.4) is 0 Å². The van der Waals surface area contributed by atoms with Crippen LogP contribution in [0.2, 0.25) is 0 Å². The summed E-state index contributed by atoms with van der Waals surface area (Å²) < 4.78 is 10.4. The van der Waals surface area contributed by atoms with Crippen molar-refractivity contribution in [3.63, 3.8) is 0 Å². The van der Waals surface area contributed by atoms with Gasteiger partial charge in [0.1, 0.15) is 12.6 Å². The fourth-order valence-corrected chi connectivity index (χ4v) is 4.19. The van der Waals surface area contributed by atoms with Crippen molar-refractivity contribution in [2.24, 2.45) is 5.41 Å². The Labute approximate surface area is 199 Å². The molecule has 0 radical (unpaired) electrons. The smallest absolute Gasteiger partial charge is 0.407 e. The summed E-state index contributed by atoms with van der Waals surface area (Å²) in [5, 5.41) is 14.3. The first-order valence-corrected chi connectivity index (χ1v) is 11.3. The van der Waals surface area contributed by atoms with E-state index in [2.05, 4.69) is 22.8 Å². The number of aliphatic carboxylic acids is 1. The molecule has 2 aromatic carbocycles. The summed E-state index contributed by atoms with van der Waals surface area (Å²) in [5.74, 6) is -1.77. The highest BCUT2D eigenvalue weighted by atomic mass is 16.5. The van der Waals surface area contributed by atoms with Crippen LogP contribution >= 0.6 is 0 Å². The van der Waals surface area contributed by atoms with Crippen molar-refractivity contribution < 1.29 is 29.0 Å². The largest absolute Gasteiger partial charge is 0.479 e. The van der Waals surface area contributed by atoms with Crippen LogP contribution in [0.15, 0.2) is 48.5 Å². The summed E-state index contributed by atoms with van der Waals surface area (Å²) >= 11 is 0. The fraction of sp³-hybridized carbons (Fsp3) is 0.423. The second-order valence-corrected chi connectivity index (χ2v) is 9.59. The average Bonchev–Trinajstić information content (AvgIpc) is 3.10. The minimum Gasteiger partial charge on any atom is -0.479 e. The highest BCUT2D eigenvalue weighted by molar-refractivity contribution is 5.86. The predicted octanol–water partition coefficient (Wildman–Crippen LogP) is 3.55. The van der Waals surface area contributed by atoms with Crippen LogP contribution < -0.4 is 10.6 Å². The molecule has 3 rings (SSSR count). The van der Waals surface area contributed by atoms with E-state index in [9.17, 15) is 14.4 Å². The number of benzene rings is 2. The van der Waals surface area contributed by atoms with Gasteiger partial charge in [-0.1, -0.05) is 69.3 Å². The van der Waals surface area contributed by atoms with Gasteiger partial charge in [-0.2, -0.15) is 0 Å². The Morgan fingerprint density at radius 1 is 1.00 bits per heavy atom. The monoisotopic (exact) mass is 468 g/mol. The Morgan fingerprint density at radius 2 is 1.56 bits per heavy atom. The lowest BCUT2D eigenvalue weighted by atomic mass is 9.88. The quantitative estimate of drug-likeness (QED) is 0.519. The molecule has 34 heavy (non-hydrogen) atoms. The topological polar surface area (TPSA) is 114 Å². The van der Waals surface area contributed by atoms with E-state index in [1.165, 1.54) is 7.11 Å². The van der Waals surface area contributed by atoms with E-state index in [0.717, 1.165) is 22.3 Å². The number of hydrogen-bond donors (Lipinski definition) is 3. The zero-order valence-corrected chi connectivity index (χ0v) is 20.0. The molecule has 0 spiro atoms. The lowest BCUT2D eigenvalue weighted by Crippen LogP contribution is -2.50. The van der Waals surface area contributed by atoms with Gasteiger partial charge < -0.3 is 25.2 Å². The molecule has 2 unspecified atom stereocenters. The van der Waals surface area contributed by atoms with Crippen LogP contribution in [0.5, 0.6) is 0 Å². The first-order chi connectivity index (χ1) is 16.1. The molecule has 8 nitrogen and oxygen atoms in total. The maximum absolute atomic E-state index is 12.8. The molecule has 0 heterocycles. The normalized spacial score (nSPS) is 14.5. The molecule has 0 fully saturated rings. The molecule has 2 aromatic rings. The van der Waals surface area contributed by atoms with Gasteiger partial charge in [-0.05, 0) is 34.1 Å². The third-order valence-electron chi connectivity index (χ3n) is 5.79. The molecule has 1 aliphatic carbocycles. The van der Waals surface area contributed by atoms with E-state index in [-0.39, 0.29) is 24.5 Å². The Morgan fingerprint density at radius 3 is 2.06 bits per heavy atom. The Kier molecular flexibility index (Phi) is 7.94. The minimum atomic E-state index is -1.18. The number of ether oxygens (including phenoxy) is 2. The van der Waals surface area contributed by atoms with Gasteiger partial charge >= 0.3 is 12.1 Å². The maximum Gasteiger partial charge on any atom is 0.407 e. The first-order valence-electron chi connectivity index (χ1n) is 11.3. The number of methoxy groups -OCH3 is 1. The van der Waals surface area contributed by atoms with Crippen molar-refractivity contribution in [3.05, 3.63) is 59.7 Å². The average molecular weight is 469 g/mol. The zero-order chi connectivity index (χ0) is 24.9. The van der Waals surface area contributed by atoms with Gasteiger partial charge in [0.25, 0.3) is 0 Å². The summed E-state index contributed by atoms with van der Waals surface area (Å²) in [5.41, 5.74) is 4.18. The van der Waals surface area contributed by atoms with E-state index in [1.54, 1.807) is 0 Å². The molecule has 2 amide bonds. The van der Waals surface area contributed by atoms with Gasteiger partial charge in [-0.25, -0.2) is 9.59 Å². The zero-order valence-electron chi connectivity index (χ0n) is 20.0. The third-order valence-corrected chi connectivity index (χ3v) is 5.79. The van der Waals surface area contributed by atoms with E-state index >= 15 is 0 Å². The van der Waals surface area contributed by atoms with Crippen LogP contribution in [-0.2, 0) is 19.1 Å². The van der Waals surface area contributed by atoms with Crippen molar-refractivity contribution in [2.75, 3.05) is 20.3 Å². The molecule has 3 N–H and O–H groups in total. The number of carboxylic acid groups (broad SMARTS) is 1. The van der Waals surface area contributed by atoms with E-state index in [1.807, 2.05) is 57.2 Å². The number of hydrogen-bond acceptors (Lipinski definition) is 5. The van der Waals surface area contributed by atoms with Crippen LogP contribution in [0.4, 0.5) is 4.79 Å². The van der Waals surface area contributed by atoms with Gasteiger partial charge in [0.15, 0.2) is 6.10 Å². The van der Waals surface area contributed by atoms with Crippen LogP contribution in [-0.4, -0.2) is 55.5 Å². The Balaban J connectivity index is 1.66. The number of rotatable bonds is 9. The van der Waals surface area contributed by atoms with Crippen molar-refractivity contribution in [1.82, 2.24) is 10.6 Å². The summed E-state index contributed by atoms with van der Waals surface area (Å²) in [6.07, 6.45) is -1.53. The van der Waals surface area contributed by atoms with Crippen LogP contribution in [0.25, 0.3) is 11.1 Å². The number of carboxylic acids is 1. The molecule has 0 bridgehead atoms. The highest BCUT2D eigenvalue weighted by Crippen LogP contribution is 2.44. The number of carbonyl (C=O) groups excluding carboxylic acids is 2. The SMILES string of the molecule is COC(CNC(=O)C(CC(C)(C)C)NC(=O)OCC1c2ccccc2-c2ccccc21)C(=O)O. The van der Waals surface area contributed by atoms with E-state index < -0.39 is 30.1 Å². The number of fused-ring (bicyclic) bond motifs is 3. The standard InChI is InChI=1S/C26H32N2O6/c1-26(2,3)13-21(23(29)27-14-22(33-4)24(30)31)28-25(32)34-15-20-18-11-7-5-9-16(18)17-10-6-8-12-19(17)20/h5-12,20-22H,13-15H2,1-4H3,(H,27,29)(H,28,32)(H,30,31). The summed E-state index contributed by atoms with van der Waals surface area (Å²) in [7, 11) is 1.26. The lowest BCUT2D eigenvalue weighted by Gasteiger charge is -2.26. The van der Waals surface area contributed by atoms with Crippen LogP contribution in [0, 0.1) is 5.41 Å². The first kappa shape index (κ1) is 25.2. The molecule has 0 aliphatic heterocycles. The van der Waals surface area contributed by atoms with Crippen molar-refractivity contribution in [2.45, 2.75) is 45.3 Å². The number of amides is 2. The van der Waals surface area contributed by atoms with Gasteiger partial charge in [0.05, 0.1) is 6.54 Å². The van der Waals surface area contributed by atoms with Crippen molar-refractivity contribution in [1.29, 1.82) is 0 Å². The van der Waals surface area contributed by atoms with Crippen molar-refractivity contribution >= 4 is 18.0 Å². The fourth-order valence-electron chi connectivity index (χ4n) is 4.19. The van der Waals surface area contributed by atoms with Gasteiger partial charge in [0, 0.05) is 13.0 Å². The molecule has 2 atom stereocenters. The second kappa shape index (κ2) is 10.7. The number of carbonyl (C=O) groups is 3. The maximum atomic E-state index is 12.8. The number of nitrogens with one attached hydrogen (secondary N) is 2. The molecule has 0 saturated heterocycles. The molecular weight excluding hydrogens is 436 g/mol. The number of alkyl carbamates (subject to hydrolysis) is 1. The summed E-state index contributed by atoms with van der Waals surface area (Å²) in [6.45, 7) is 5.76. The molecule has 0 aromatic heterocycles.